The Morgan fingerprint density at radius 1 is 0.857 bits per heavy atom. The topological polar surface area (TPSA) is 58.2 Å². The van der Waals surface area contributed by atoms with Gasteiger partial charge < -0.3 is 10.6 Å². The summed E-state index contributed by atoms with van der Waals surface area (Å²) >= 11 is 5.72. The zero-order valence-electron chi connectivity index (χ0n) is 14.9. The summed E-state index contributed by atoms with van der Waals surface area (Å²) in [6.45, 7) is 0.455. The van der Waals surface area contributed by atoms with Gasteiger partial charge in [0.15, 0.2) is 0 Å². The number of hydrogen-bond acceptors (Lipinski definition) is 2. The molecule has 4 nitrogen and oxygen atoms in total. The zero-order chi connectivity index (χ0) is 19.9. The smallest absolute Gasteiger partial charge is 0.258 e. The molecule has 2 N–H and O–H groups in total. The molecule has 0 saturated heterocycles. The van der Waals surface area contributed by atoms with Crippen molar-refractivity contribution in [1.29, 1.82) is 0 Å². The minimum atomic E-state index is -0.727. The van der Waals surface area contributed by atoms with Crippen LogP contribution in [-0.2, 0) is 6.42 Å². The first-order valence-corrected chi connectivity index (χ1v) is 9.10. The number of amides is 2. The van der Waals surface area contributed by atoms with Gasteiger partial charge in [0.05, 0.1) is 16.8 Å². The lowest BCUT2D eigenvalue weighted by atomic mass is 10.1. The lowest BCUT2D eigenvalue weighted by Crippen LogP contribution is -2.27. The van der Waals surface area contributed by atoms with Gasteiger partial charge in [-0.15, -0.1) is 0 Å². The second-order valence-corrected chi connectivity index (χ2v) is 6.55. The van der Waals surface area contributed by atoms with Crippen LogP contribution in [0.2, 0.25) is 5.02 Å². The van der Waals surface area contributed by atoms with Gasteiger partial charge in [0.2, 0.25) is 0 Å². The fraction of sp³-hybridized carbons (Fsp3) is 0.0909. The van der Waals surface area contributed by atoms with Crippen LogP contribution in [0.5, 0.6) is 0 Å². The summed E-state index contributed by atoms with van der Waals surface area (Å²) in [4.78, 5) is 24.9. The van der Waals surface area contributed by atoms with E-state index in [0.717, 1.165) is 11.6 Å². The highest BCUT2D eigenvalue weighted by Gasteiger charge is 2.16. The molecule has 0 fully saturated rings. The van der Waals surface area contributed by atoms with Crippen LogP contribution in [0.25, 0.3) is 0 Å². The Balaban J connectivity index is 1.68. The summed E-state index contributed by atoms with van der Waals surface area (Å²) in [5.74, 6) is -1.70. The highest BCUT2D eigenvalue weighted by atomic mass is 35.5. The van der Waals surface area contributed by atoms with Gasteiger partial charge in [-0.3, -0.25) is 9.59 Å². The first kappa shape index (κ1) is 19.6. The van der Waals surface area contributed by atoms with E-state index in [0.29, 0.717) is 24.2 Å². The van der Waals surface area contributed by atoms with Crippen molar-refractivity contribution in [3.05, 3.63) is 100 Å². The summed E-state index contributed by atoms with van der Waals surface area (Å²) in [5.41, 5.74) is 1.57. The third-order valence-corrected chi connectivity index (χ3v) is 4.37. The van der Waals surface area contributed by atoms with E-state index in [2.05, 4.69) is 10.6 Å². The van der Waals surface area contributed by atoms with Crippen molar-refractivity contribution >= 4 is 29.1 Å². The molecule has 0 atom stereocenters. The second-order valence-electron chi connectivity index (χ2n) is 6.12. The van der Waals surface area contributed by atoms with Crippen molar-refractivity contribution in [2.45, 2.75) is 6.42 Å². The molecule has 3 aromatic carbocycles. The molecular formula is C22H18ClFN2O2. The summed E-state index contributed by atoms with van der Waals surface area (Å²) in [6.07, 6.45) is 0.692. The third-order valence-electron chi connectivity index (χ3n) is 4.14. The van der Waals surface area contributed by atoms with Crippen molar-refractivity contribution < 1.29 is 14.0 Å². The van der Waals surface area contributed by atoms with Crippen LogP contribution < -0.4 is 10.6 Å². The Morgan fingerprint density at radius 2 is 1.57 bits per heavy atom. The van der Waals surface area contributed by atoms with E-state index in [1.165, 1.54) is 12.1 Å². The number of benzene rings is 3. The molecule has 3 aromatic rings. The monoisotopic (exact) mass is 396 g/mol. The van der Waals surface area contributed by atoms with E-state index < -0.39 is 11.7 Å². The predicted octanol–water partition coefficient (Wildman–Crippen LogP) is 4.70. The molecule has 6 heteroatoms. The van der Waals surface area contributed by atoms with Gasteiger partial charge >= 0.3 is 0 Å². The van der Waals surface area contributed by atoms with Crippen molar-refractivity contribution in [1.82, 2.24) is 5.32 Å². The van der Waals surface area contributed by atoms with Gasteiger partial charge in [-0.05, 0) is 42.3 Å². The van der Waals surface area contributed by atoms with Gasteiger partial charge in [-0.2, -0.15) is 0 Å². The number of halogens is 2. The molecule has 0 saturated carbocycles. The maximum absolute atomic E-state index is 14.0. The van der Waals surface area contributed by atoms with Gasteiger partial charge in [-0.1, -0.05) is 54.1 Å². The summed E-state index contributed by atoms with van der Waals surface area (Å²) < 4.78 is 14.0. The number of rotatable bonds is 6. The summed E-state index contributed by atoms with van der Waals surface area (Å²) in [5, 5.41) is 5.63. The highest BCUT2D eigenvalue weighted by Crippen LogP contribution is 2.19. The van der Waals surface area contributed by atoms with Crippen LogP contribution in [-0.4, -0.2) is 18.4 Å². The Hall–Kier alpha value is -3.18. The van der Waals surface area contributed by atoms with E-state index in [9.17, 15) is 14.0 Å². The second kappa shape index (κ2) is 9.15. The van der Waals surface area contributed by atoms with Gasteiger partial charge in [0.25, 0.3) is 11.8 Å². The molecule has 2 amide bonds. The largest absolute Gasteiger partial charge is 0.352 e. The molecule has 142 valence electrons. The van der Waals surface area contributed by atoms with E-state index in [-0.39, 0.29) is 16.5 Å². The molecule has 0 aromatic heterocycles. The molecule has 0 aliphatic heterocycles. The quantitative estimate of drug-likeness (QED) is 0.634. The summed E-state index contributed by atoms with van der Waals surface area (Å²) in [6, 6.07) is 20.2. The summed E-state index contributed by atoms with van der Waals surface area (Å²) in [7, 11) is 0. The average molecular weight is 397 g/mol. The number of hydrogen-bond donors (Lipinski definition) is 2. The number of carbonyl (C=O) groups is 2. The van der Waals surface area contributed by atoms with Crippen LogP contribution in [0, 0.1) is 5.82 Å². The van der Waals surface area contributed by atoms with Crippen LogP contribution in [0.4, 0.5) is 10.1 Å². The Bertz CT molecular complexity index is 993. The fourth-order valence-electron chi connectivity index (χ4n) is 2.71. The molecule has 0 bridgehead atoms. The molecule has 0 radical (unpaired) electrons. The normalized spacial score (nSPS) is 10.4. The van der Waals surface area contributed by atoms with Gasteiger partial charge in [-0.25, -0.2) is 4.39 Å². The highest BCUT2D eigenvalue weighted by molar-refractivity contribution is 6.30. The van der Waals surface area contributed by atoms with Gasteiger partial charge in [0, 0.05) is 11.6 Å². The zero-order valence-corrected chi connectivity index (χ0v) is 15.7. The minimum absolute atomic E-state index is 0.149. The molecule has 3 rings (SSSR count). The Kier molecular flexibility index (Phi) is 6.40. The predicted molar refractivity (Wildman–Crippen MR) is 108 cm³/mol. The van der Waals surface area contributed by atoms with E-state index >= 15 is 0 Å². The Morgan fingerprint density at radius 3 is 2.32 bits per heavy atom. The van der Waals surface area contributed by atoms with Crippen molar-refractivity contribution in [3.63, 3.8) is 0 Å². The third kappa shape index (κ3) is 4.96. The lowest BCUT2D eigenvalue weighted by molar-refractivity contribution is 0.0955. The maximum Gasteiger partial charge on any atom is 0.258 e. The SMILES string of the molecule is O=C(Nc1ccccc1C(=O)NCCc1ccccc1)c1ccc(Cl)cc1F. The first-order chi connectivity index (χ1) is 13.5. The molecule has 0 heterocycles. The minimum Gasteiger partial charge on any atom is -0.352 e. The van der Waals surface area contributed by atoms with Crippen molar-refractivity contribution in [2.75, 3.05) is 11.9 Å². The molecule has 28 heavy (non-hydrogen) atoms. The van der Waals surface area contributed by atoms with Crippen molar-refractivity contribution in [3.8, 4) is 0 Å². The van der Waals surface area contributed by atoms with Gasteiger partial charge in [0.1, 0.15) is 5.82 Å². The van der Waals surface area contributed by atoms with Crippen LogP contribution >= 0.6 is 11.6 Å². The van der Waals surface area contributed by atoms with Crippen molar-refractivity contribution in [2.24, 2.45) is 0 Å². The standard InChI is InChI=1S/C22H18ClFN2O2/c23-16-10-11-17(19(24)14-16)22(28)26-20-9-5-4-8-18(20)21(27)25-13-12-15-6-2-1-3-7-15/h1-11,14H,12-13H2,(H,25,27)(H,26,28). The maximum atomic E-state index is 14.0. The van der Waals surface area contributed by atoms with E-state index in [1.807, 2.05) is 30.3 Å². The molecular weight excluding hydrogens is 379 g/mol. The molecule has 0 aliphatic rings. The fourth-order valence-corrected chi connectivity index (χ4v) is 2.87. The number of anilines is 1. The average Bonchev–Trinajstić information content (AvgIpc) is 2.69. The molecule has 0 aliphatic carbocycles. The van der Waals surface area contributed by atoms with Crippen LogP contribution in [0.15, 0.2) is 72.8 Å². The molecule has 0 unspecified atom stereocenters. The number of nitrogens with one attached hydrogen (secondary N) is 2. The number of carbonyl (C=O) groups excluding carboxylic acids is 2. The Labute approximate surface area is 167 Å². The lowest BCUT2D eigenvalue weighted by Gasteiger charge is -2.12. The number of para-hydroxylation sites is 1. The first-order valence-electron chi connectivity index (χ1n) is 8.72. The van der Waals surface area contributed by atoms with Crippen LogP contribution in [0.1, 0.15) is 26.3 Å². The van der Waals surface area contributed by atoms with Crippen LogP contribution in [0.3, 0.4) is 0 Å². The van der Waals surface area contributed by atoms with E-state index in [1.54, 1.807) is 24.3 Å². The van der Waals surface area contributed by atoms with E-state index in [4.69, 9.17) is 11.6 Å². The molecule has 0 spiro atoms.